The summed E-state index contributed by atoms with van der Waals surface area (Å²) in [4.78, 5) is 20.6. The summed E-state index contributed by atoms with van der Waals surface area (Å²) < 4.78 is 146. The number of hydrogen-bond acceptors (Lipinski definition) is 11. The van der Waals surface area contributed by atoms with Crippen molar-refractivity contribution < 1.29 is 57.5 Å². The van der Waals surface area contributed by atoms with Crippen molar-refractivity contribution >= 4 is 66.8 Å². The molecule has 2 aliphatic rings. The van der Waals surface area contributed by atoms with Crippen LogP contribution >= 0.6 is 23.5 Å². The number of halogens is 6. The quantitative estimate of drug-likeness (QED) is 0.0353. The van der Waals surface area contributed by atoms with Gasteiger partial charge in [0.05, 0.1) is 34.4 Å². The van der Waals surface area contributed by atoms with E-state index >= 15 is 17.6 Å². The van der Waals surface area contributed by atoms with Crippen molar-refractivity contribution in [3.8, 4) is 0 Å². The molecule has 2 saturated carbocycles. The molecule has 61 heavy (non-hydrogen) atoms. The Labute approximate surface area is 361 Å². The summed E-state index contributed by atoms with van der Waals surface area (Å²) in [5, 5.41) is 20.9. The molecule has 0 aromatic heterocycles. The van der Waals surface area contributed by atoms with Gasteiger partial charge in [0.25, 0.3) is 0 Å². The number of carbonyl (C=O) groups excluding carboxylic acids is 2. The molecular weight excluding hydrogens is 895 g/mol. The first kappa shape index (κ1) is 50.7. The first-order chi connectivity index (χ1) is 28.9. The van der Waals surface area contributed by atoms with Crippen LogP contribution in [0.3, 0.4) is 0 Å². The van der Waals surface area contributed by atoms with E-state index in [1.807, 2.05) is 0 Å². The number of nitrogens with one attached hydrogen (secondary N) is 4. The number of benzene rings is 2. The van der Waals surface area contributed by atoms with Crippen LogP contribution in [0, 0.1) is 34.9 Å². The van der Waals surface area contributed by atoms with E-state index in [0.29, 0.717) is 49.2 Å². The minimum Gasteiger partial charge on any atom is -0.379 e. The van der Waals surface area contributed by atoms with E-state index in [-0.39, 0.29) is 62.7 Å². The highest BCUT2D eigenvalue weighted by molar-refractivity contribution is 7.99. The van der Waals surface area contributed by atoms with Crippen LogP contribution in [0.1, 0.15) is 103 Å². The maximum atomic E-state index is 15.7. The van der Waals surface area contributed by atoms with Crippen molar-refractivity contribution in [3.05, 3.63) is 34.9 Å². The molecule has 4 rings (SSSR count). The summed E-state index contributed by atoms with van der Waals surface area (Å²) in [5.41, 5.74) is -1.46. The molecule has 0 spiro atoms. The van der Waals surface area contributed by atoms with Crippen LogP contribution in [0.2, 0.25) is 0 Å². The van der Waals surface area contributed by atoms with Crippen LogP contribution in [-0.2, 0) is 34.4 Å². The molecule has 23 heteroatoms. The van der Waals surface area contributed by atoms with E-state index in [2.05, 4.69) is 21.3 Å². The molecule has 344 valence electrons. The number of anilines is 2. The number of carbonyl (C=O) groups is 2. The Morgan fingerprint density at radius 1 is 0.541 bits per heavy atom. The Balaban J connectivity index is 1.19. The molecule has 13 nitrogen and oxygen atoms in total. The first-order valence-corrected chi connectivity index (χ1v) is 25.3. The predicted octanol–water partition coefficient (Wildman–Crippen LogP) is 6.78. The molecule has 2 aromatic rings. The van der Waals surface area contributed by atoms with Gasteiger partial charge in [0.2, 0.25) is 31.9 Å². The van der Waals surface area contributed by atoms with Gasteiger partial charge in [-0.3, -0.25) is 9.59 Å². The molecule has 0 aliphatic heterocycles. The monoisotopic (exact) mass is 948 g/mol. The molecule has 0 radical (unpaired) electrons. The highest BCUT2D eigenvalue weighted by Gasteiger charge is 2.34. The van der Waals surface area contributed by atoms with Crippen LogP contribution < -0.4 is 31.5 Å². The van der Waals surface area contributed by atoms with Gasteiger partial charge in [-0.1, -0.05) is 64.2 Å². The third-order valence-corrected chi connectivity index (χ3v) is 14.3. The summed E-state index contributed by atoms with van der Waals surface area (Å²) in [6.07, 6.45) is 10.8. The van der Waals surface area contributed by atoms with E-state index in [1.54, 1.807) is 0 Å². The highest BCUT2D eigenvalue weighted by atomic mass is 32.2. The molecule has 2 fully saturated rings. The number of ether oxygens (including phenoxy) is 1. The number of amides is 2. The van der Waals surface area contributed by atoms with Gasteiger partial charge in [-0.25, -0.2) is 53.5 Å². The number of rotatable bonds is 20. The molecule has 0 saturated heterocycles. The van der Waals surface area contributed by atoms with Crippen molar-refractivity contribution in [2.45, 2.75) is 134 Å². The lowest BCUT2D eigenvalue weighted by atomic mass is 9.96. The van der Waals surface area contributed by atoms with Crippen LogP contribution in [0.25, 0.3) is 0 Å². The third-order valence-electron chi connectivity index (χ3n) is 10.2. The third kappa shape index (κ3) is 15.1. The van der Waals surface area contributed by atoms with Crippen LogP contribution in [0.5, 0.6) is 0 Å². The standard InChI is InChI=1S/C38H54F6N6O7S4/c39-27-29(41)37(60(45,53)54)33(49-23-11-7-3-1-4-8-12-23)31(43)35(27)58-21-15-25(51)47-17-19-57-20-18-48-26(52)16-22-59-36-28(40)30(42)38(61(46,55)56)34(32(36)44)50-24-13-9-5-2-6-10-14-24/h23-24,49-50H,1-22H2,(H,47,51)(H,48,52)(H2,45,53,54)(H2,46,55,56). The minimum absolute atomic E-state index is 0.0140. The maximum Gasteiger partial charge on any atom is 0.243 e. The zero-order valence-corrected chi connectivity index (χ0v) is 36.9. The Bertz CT molecular complexity index is 1910. The lowest BCUT2D eigenvalue weighted by Gasteiger charge is -2.24. The normalized spacial score (nSPS) is 16.3. The van der Waals surface area contributed by atoms with Gasteiger partial charge in [0.15, 0.2) is 34.9 Å². The lowest BCUT2D eigenvalue weighted by Crippen LogP contribution is -2.30. The van der Waals surface area contributed by atoms with Gasteiger partial charge in [-0.05, 0) is 25.7 Å². The summed E-state index contributed by atoms with van der Waals surface area (Å²) in [7, 11) is -9.71. The van der Waals surface area contributed by atoms with Gasteiger partial charge in [-0.15, -0.1) is 23.5 Å². The largest absolute Gasteiger partial charge is 0.379 e. The average molecular weight is 949 g/mol. The molecule has 0 atom stereocenters. The molecule has 0 bridgehead atoms. The van der Waals surface area contributed by atoms with Crippen molar-refractivity contribution in [3.63, 3.8) is 0 Å². The molecule has 8 N–H and O–H groups in total. The van der Waals surface area contributed by atoms with E-state index in [0.717, 1.165) is 64.2 Å². The number of sulfonamides is 2. The minimum atomic E-state index is -4.86. The van der Waals surface area contributed by atoms with Crippen molar-refractivity contribution in [1.82, 2.24) is 10.6 Å². The number of nitrogens with two attached hydrogens (primary N) is 2. The molecule has 0 unspecified atom stereocenters. The summed E-state index contributed by atoms with van der Waals surface area (Å²) >= 11 is 1.01. The Morgan fingerprint density at radius 3 is 1.20 bits per heavy atom. The summed E-state index contributed by atoms with van der Waals surface area (Å²) in [6, 6.07) is -0.760. The maximum absolute atomic E-state index is 15.7. The highest BCUT2D eigenvalue weighted by Crippen LogP contribution is 2.40. The Morgan fingerprint density at radius 2 is 0.869 bits per heavy atom. The van der Waals surface area contributed by atoms with Gasteiger partial charge in [0.1, 0.15) is 9.79 Å². The van der Waals surface area contributed by atoms with Crippen LogP contribution in [0.15, 0.2) is 19.6 Å². The Hall–Kier alpha value is -2.96. The molecule has 2 aliphatic carbocycles. The van der Waals surface area contributed by atoms with Crippen molar-refractivity contribution in [2.24, 2.45) is 10.3 Å². The first-order valence-electron chi connectivity index (χ1n) is 20.3. The second-order valence-corrected chi connectivity index (χ2v) is 20.1. The molecule has 2 amide bonds. The van der Waals surface area contributed by atoms with E-state index < -0.39 is 97.7 Å². The van der Waals surface area contributed by atoms with Gasteiger partial charge >= 0.3 is 0 Å². The fraction of sp³-hybridized carbons (Fsp3) is 0.632. The smallest absolute Gasteiger partial charge is 0.243 e. The molecular formula is C38H54F6N6O7S4. The van der Waals surface area contributed by atoms with Crippen molar-refractivity contribution in [1.29, 1.82) is 0 Å². The summed E-state index contributed by atoms with van der Waals surface area (Å²) in [5.74, 6) is -11.1. The zero-order chi connectivity index (χ0) is 44.7. The predicted molar refractivity (Wildman–Crippen MR) is 222 cm³/mol. The van der Waals surface area contributed by atoms with E-state index in [9.17, 15) is 35.2 Å². The van der Waals surface area contributed by atoms with Gasteiger partial charge < -0.3 is 26.0 Å². The van der Waals surface area contributed by atoms with Gasteiger partial charge in [0, 0.05) is 49.5 Å². The van der Waals surface area contributed by atoms with Crippen LogP contribution in [0.4, 0.5) is 37.7 Å². The van der Waals surface area contributed by atoms with E-state index in [1.165, 1.54) is 0 Å². The average Bonchev–Trinajstić information content (AvgIpc) is 3.15. The van der Waals surface area contributed by atoms with Crippen LogP contribution in [-0.4, -0.2) is 78.5 Å². The summed E-state index contributed by atoms with van der Waals surface area (Å²) in [6.45, 7) is 0.0826. The zero-order valence-electron chi connectivity index (χ0n) is 33.6. The fourth-order valence-electron chi connectivity index (χ4n) is 7.19. The number of primary sulfonamides is 2. The second kappa shape index (κ2) is 24.2. The fourth-order valence-corrected chi connectivity index (χ4v) is 10.6. The topological polar surface area (TPSA) is 212 Å². The van der Waals surface area contributed by atoms with Gasteiger partial charge in [-0.2, -0.15) is 0 Å². The van der Waals surface area contributed by atoms with E-state index in [4.69, 9.17) is 15.0 Å². The number of hydrogen-bond donors (Lipinski definition) is 6. The molecule has 0 heterocycles. The Kier molecular flexibility index (Phi) is 20.1. The SMILES string of the molecule is NS(=O)(=O)c1c(F)c(F)c(SCCC(=O)NCCOCCNC(=O)CCSc2c(F)c(F)c(S(N)(=O)=O)c(NC3CCCCCCC3)c2F)c(F)c1NC1CCCCCCC1. The second-order valence-electron chi connectivity index (χ2n) is 14.9. The number of thioether (sulfide) groups is 2. The lowest BCUT2D eigenvalue weighted by molar-refractivity contribution is -0.121. The van der Waals surface area contributed by atoms with Crippen molar-refractivity contribution in [2.75, 3.05) is 48.4 Å². The molecule has 2 aromatic carbocycles.